The summed E-state index contributed by atoms with van der Waals surface area (Å²) in [5.41, 5.74) is 7.81. The lowest BCUT2D eigenvalue weighted by atomic mass is 9.91. The lowest BCUT2D eigenvalue weighted by Gasteiger charge is -2.30. The first-order valence-electron chi connectivity index (χ1n) is 6.54. The Labute approximate surface area is 121 Å². The van der Waals surface area contributed by atoms with Gasteiger partial charge in [-0.25, -0.2) is 0 Å². The van der Waals surface area contributed by atoms with E-state index in [-0.39, 0.29) is 5.69 Å². The van der Waals surface area contributed by atoms with Gasteiger partial charge in [-0.3, -0.25) is 19.8 Å². The molecular weight excluding hydrogens is 270 g/mol. The minimum Gasteiger partial charge on any atom is -0.382 e. The van der Waals surface area contributed by atoms with Crippen LogP contribution in [0.2, 0.25) is 0 Å². The average molecular weight is 285 g/mol. The zero-order valence-electron chi connectivity index (χ0n) is 11.8. The molecule has 0 aliphatic carbocycles. The number of hydrogen-bond acceptors (Lipinski definition) is 5. The number of amidine groups is 1. The molecule has 0 spiro atoms. The summed E-state index contributed by atoms with van der Waals surface area (Å²) < 4.78 is 1.80. The Morgan fingerprint density at radius 1 is 1.43 bits per heavy atom. The van der Waals surface area contributed by atoms with Crippen LogP contribution in [0.4, 0.5) is 5.69 Å². The summed E-state index contributed by atoms with van der Waals surface area (Å²) in [6.07, 6.45) is 0. The van der Waals surface area contributed by atoms with Crippen molar-refractivity contribution in [2.45, 2.75) is 25.9 Å². The SMILES string of the molecule is Cc1cc2n(n1)CC(C)(c1cccc([N+](=O)[O-])c1)N=C2N. The molecule has 1 aromatic heterocycles. The van der Waals surface area contributed by atoms with Crippen LogP contribution in [0.25, 0.3) is 0 Å². The first kappa shape index (κ1) is 13.3. The molecule has 1 aromatic carbocycles. The highest BCUT2D eigenvalue weighted by molar-refractivity contribution is 5.97. The van der Waals surface area contributed by atoms with Gasteiger partial charge in [0.15, 0.2) is 0 Å². The van der Waals surface area contributed by atoms with Crippen LogP contribution in [0.15, 0.2) is 35.3 Å². The van der Waals surface area contributed by atoms with E-state index in [0.29, 0.717) is 12.4 Å². The zero-order valence-corrected chi connectivity index (χ0v) is 11.8. The summed E-state index contributed by atoms with van der Waals surface area (Å²) in [6.45, 7) is 4.29. The molecule has 3 rings (SSSR count). The molecule has 2 aromatic rings. The van der Waals surface area contributed by atoms with Crippen LogP contribution in [0.1, 0.15) is 23.9 Å². The molecule has 7 nitrogen and oxygen atoms in total. The lowest BCUT2D eigenvalue weighted by molar-refractivity contribution is -0.385. The molecule has 0 saturated heterocycles. The maximum Gasteiger partial charge on any atom is 0.269 e. The van der Waals surface area contributed by atoms with Gasteiger partial charge in [0.2, 0.25) is 0 Å². The smallest absolute Gasteiger partial charge is 0.269 e. The number of nitro benzene ring substituents is 1. The van der Waals surface area contributed by atoms with Crippen molar-refractivity contribution in [1.29, 1.82) is 0 Å². The predicted molar refractivity (Wildman–Crippen MR) is 78.1 cm³/mol. The Balaban J connectivity index is 2.08. The Kier molecular flexibility index (Phi) is 2.79. The summed E-state index contributed by atoms with van der Waals surface area (Å²) in [5.74, 6) is 0.399. The Hall–Kier alpha value is -2.70. The predicted octanol–water partition coefficient (Wildman–Crippen LogP) is 1.73. The number of benzene rings is 1. The van der Waals surface area contributed by atoms with E-state index in [1.165, 1.54) is 12.1 Å². The lowest BCUT2D eigenvalue weighted by Crippen LogP contribution is -2.37. The number of nitrogens with two attached hydrogens (primary N) is 1. The average Bonchev–Trinajstić information content (AvgIpc) is 2.79. The first-order valence-corrected chi connectivity index (χ1v) is 6.54. The number of nitro groups is 1. The topological polar surface area (TPSA) is 99.3 Å². The standard InChI is InChI=1S/C14H15N5O2/c1-9-6-12-13(15)16-14(2,8-18(12)17-9)10-4-3-5-11(7-10)19(20)21/h3-7H,8H2,1-2H3,(H2,15,16). The molecule has 21 heavy (non-hydrogen) atoms. The molecule has 0 bridgehead atoms. The summed E-state index contributed by atoms with van der Waals surface area (Å²) in [5, 5.41) is 15.3. The van der Waals surface area contributed by atoms with Crippen LogP contribution >= 0.6 is 0 Å². The number of nitrogens with zero attached hydrogens (tertiary/aromatic N) is 4. The molecule has 7 heteroatoms. The van der Waals surface area contributed by atoms with Crippen molar-refractivity contribution in [3.05, 3.63) is 57.4 Å². The van der Waals surface area contributed by atoms with Gasteiger partial charge in [0.05, 0.1) is 17.2 Å². The minimum absolute atomic E-state index is 0.0462. The van der Waals surface area contributed by atoms with Gasteiger partial charge >= 0.3 is 0 Å². The summed E-state index contributed by atoms with van der Waals surface area (Å²) in [6, 6.07) is 8.37. The van der Waals surface area contributed by atoms with E-state index in [9.17, 15) is 10.1 Å². The number of aryl methyl sites for hydroxylation is 1. The number of aliphatic imine (C=N–C) groups is 1. The van der Waals surface area contributed by atoms with Crippen LogP contribution in [0.3, 0.4) is 0 Å². The summed E-state index contributed by atoms with van der Waals surface area (Å²) in [4.78, 5) is 15.1. The molecule has 2 heterocycles. The highest BCUT2D eigenvalue weighted by atomic mass is 16.6. The Morgan fingerprint density at radius 3 is 2.90 bits per heavy atom. The van der Waals surface area contributed by atoms with Crippen LogP contribution in [0, 0.1) is 17.0 Å². The molecular formula is C14H15N5O2. The van der Waals surface area contributed by atoms with E-state index in [0.717, 1.165) is 17.0 Å². The van der Waals surface area contributed by atoms with Crippen molar-refractivity contribution < 1.29 is 4.92 Å². The fraction of sp³-hybridized carbons (Fsp3) is 0.286. The molecule has 0 amide bonds. The Bertz CT molecular complexity index is 764. The molecule has 2 N–H and O–H groups in total. The van der Waals surface area contributed by atoms with E-state index in [4.69, 9.17) is 5.73 Å². The maximum atomic E-state index is 10.9. The van der Waals surface area contributed by atoms with Crippen LogP contribution < -0.4 is 5.73 Å². The van der Waals surface area contributed by atoms with E-state index < -0.39 is 10.5 Å². The zero-order chi connectivity index (χ0) is 15.2. The van der Waals surface area contributed by atoms with Gasteiger partial charge in [-0.2, -0.15) is 5.10 Å². The summed E-state index contributed by atoms with van der Waals surface area (Å²) >= 11 is 0. The van der Waals surface area contributed by atoms with Gasteiger partial charge in [0.1, 0.15) is 17.1 Å². The van der Waals surface area contributed by atoms with Gasteiger partial charge in [-0.15, -0.1) is 0 Å². The molecule has 0 saturated carbocycles. The van der Waals surface area contributed by atoms with Crippen molar-refractivity contribution >= 4 is 11.5 Å². The molecule has 1 aliphatic rings. The van der Waals surface area contributed by atoms with Crippen molar-refractivity contribution in [3.63, 3.8) is 0 Å². The second kappa shape index (κ2) is 4.41. The number of hydrogen-bond donors (Lipinski definition) is 1. The fourth-order valence-corrected chi connectivity index (χ4v) is 2.63. The second-order valence-electron chi connectivity index (χ2n) is 5.41. The normalized spacial score (nSPS) is 20.8. The first-order chi connectivity index (χ1) is 9.89. The van der Waals surface area contributed by atoms with Crippen LogP contribution in [-0.4, -0.2) is 20.5 Å². The van der Waals surface area contributed by atoms with Gasteiger partial charge in [0, 0.05) is 12.1 Å². The fourth-order valence-electron chi connectivity index (χ4n) is 2.63. The van der Waals surface area contributed by atoms with E-state index in [1.54, 1.807) is 10.7 Å². The van der Waals surface area contributed by atoms with Crippen LogP contribution in [-0.2, 0) is 12.1 Å². The third kappa shape index (κ3) is 2.16. The highest BCUT2D eigenvalue weighted by Gasteiger charge is 2.33. The largest absolute Gasteiger partial charge is 0.382 e. The maximum absolute atomic E-state index is 10.9. The highest BCUT2D eigenvalue weighted by Crippen LogP contribution is 2.33. The van der Waals surface area contributed by atoms with E-state index in [1.807, 2.05) is 26.0 Å². The number of aromatic nitrogens is 2. The third-order valence-corrected chi connectivity index (χ3v) is 3.67. The summed E-state index contributed by atoms with van der Waals surface area (Å²) in [7, 11) is 0. The molecule has 1 unspecified atom stereocenters. The van der Waals surface area contributed by atoms with E-state index >= 15 is 0 Å². The quantitative estimate of drug-likeness (QED) is 0.671. The van der Waals surface area contributed by atoms with Crippen molar-refractivity contribution in [2.75, 3.05) is 0 Å². The monoisotopic (exact) mass is 285 g/mol. The third-order valence-electron chi connectivity index (χ3n) is 3.67. The minimum atomic E-state index is -0.665. The van der Waals surface area contributed by atoms with Gasteiger partial charge < -0.3 is 5.73 Å². The number of rotatable bonds is 2. The van der Waals surface area contributed by atoms with Gasteiger partial charge in [-0.05, 0) is 25.5 Å². The van der Waals surface area contributed by atoms with Crippen molar-refractivity contribution in [3.8, 4) is 0 Å². The van der Waals surface area contributed by atoms with Gasteiger partial charge in [0.25, 0.3) is 5.69 Å². The van der Waals surface area contributed by atoms with Crippen LogP contribution in [0.5, 0.6) is 0 Å². The second-order valence-corrected chi connectivity index (χ2v) is 5.41. The number of non-ortho nitro benzene ring substituents is 1. The Morgan fingerprint density at radius 2 is 2.19 bits per heavy atom. The molecule has 0 radical (unpaired) electrons. The van der Waals surface area contributed by atoms with Crippen molar-refractivity contribution in [2.24, 2.45) is 10.7 Å². The van der Waals surface area contributed by atoms with E-state index in [2.05, 4.69) is 10.1 Å². The molecule has 1 atom stereocenters. The molecule has 0 fully saturated rings. The van der Waals surface area contributed by atoms with Crippen molar-refractivity contribution in [1.82, 2.24) is 9.78 Å². The molecule has 1 aliphatic heterocycles. The molecule has 108 valence electrons. The number of fused-ring (bicyclic) bond motifs is 1. The van der Waals surface area contributed by atoms with Gasteiger partial charge in [-0.1, -0.05) is 12.1 Å².